The van der Waals surface area contributed by atoms with E-state index in [4.69, 9.17) is 5.11 Å². The fourth-order valence-electron chi connectivity index (χ4n) is 2.35. The molecular weight excluding hydrogens is 264 g/mol. The van der Waals surface area contributed by atoms with Gasteiger partial charge in [-0.05, 0) is 25.7 Å². The van der Waals surface area contributed by atoms with Crippen molar-refractivity contribution >= 4 is 17.8 Å². The van der Waals surface area contributed by atoms with Crippen molar-refractivity contribution in [3.05, 3.63) is 0 Å². The van der Waals surface area contributed by atoms with Gasteiger partial charge in [-0.15, -0.1) is 0 Å². The predicted octanol–water partition coefficient (Wildman–Crippen LogP) is -0.367. The number of carbonyl (C=O) groups excluding carboxylic acids is 2. The lowest BCUT2D eigenvalue weighted by Crippen LogP contribution is -2.54. The minimum Gasteiger partial charge on any atom is -0.479 e. The summed E-state index contributed by atoms with van der Waals surface area (Å²) in [4.78, 5) is 34.1. The van der Waals surface area contributed by atoms with Crippen molar-refractivity contribution in [2.45, 2.75) is 51.2 Å². The van der Waals surface area contributed by atoms with Crippen LogP contribution in [0.2, 0.25) is 0 Å². The van der Waals surface area contributed by atoms with Gasteiger partial charge < -0.3 is 20.8 Å². The van der Waals surface area contributed by atoms with Gasteiger partial charge in [0.15, 0.2) is 5.60 Å². The number of aliphatic carboxylic acids is 1. The van der Waals surface area contributed by atoms with Crippen LogP contribution in [0.4, 0.5) is 0 Å². The molecule has 0 heterocycles. The van der Waals surface area contributed by atoms with Crippen molar-refractivity contribution in [3.8, 4) is 0 Å². The van der Waals surface area contributed by atoms with E-state index in [1.807, 2.05) is 0 Å². The van der Waals surface area contributed by atoms with Crippen LogP contribution in [0.15, 0.2) is 0 Å². The Morgan fingerprint density at radius 3 is 2.30 bits per heavy atom. The van der Waals surface area contributed by atoms with E-state index in [9.17, 15) is 19.5 Å². The smallest absolute Gasteiger partial charge is 0.337 e. The number of carboxylic acids is 1. The molecule has 0 saturated heterocycles. The summed E-state index contributed by atoms with van der Waals surface area (Å²) >= 11 is 0. The van der Waals surface area contributed by atoms with Crippen molar-refractivity contribution < 1.29 is 24.6 Å². The summed E-state index contributed by atoms with van der Waals surface area (Å²) in [5, 5.41) is 23.4. The first-order valence-corrected chi connectivity index (χ1v) is 6.74. The number of aliphatic hydroxyl groups is 1. The minimum atomic E-state index is -2.02. The molecule has 7 heteroatoms. The van der Waals surface area contributed by atoms with Gasteiger partial charge in [0.1, 0.15) is 6.04 Å². The first-order valence-electron chi connectivity index (χ1n) is 6.74. The molecule has 1 rings (SSSR count). The number of carboxylic acid groups (broad SMARTS) is 1. The molecule has 1 fully saturated rings. The second kappa shape index (κ2) is 6.69. The van der Waals surface area contributed by atoms with Crippen LogP contribution in [0.1, 0.15) is 39.5 Å². The van der Waals surface area contributed by atoms with Crippen LogP contribution in [0, 0.1) is 5.92 Å². The molecule has 1 aliphatic rings. The van der Waals surface area contributed by atoms with Crippen molar-refractivity contribution in [1.82, 2.24) is 10.6 Å². The zero-order valence-corrected chi connectivity index (χ0v) is 11.8. The molecule has 0 bridgehead atoms. The largest absolute Gasteiger partial charge is 0.479 e. The molecule has 7 nitrogen and oxygen atoms in total. The maximum absolute atomic E-state index is 12.1. The fourth-order valence-corrected chi connectivity index (χ4v) is 2.35. The molecule has 2 unspecified atom stereocenters. The first kappa shape index (κ1) is 16.4. The Labute approximate surface area is 117 Å². The molecule has 2 atom stereocenters. The van der Waals surface area contributed by atoms with Gasteiger partial charge in [0.25, 0.3) is 0 Å². The number of rotatable bonds is 6. The summed E-state index contributed by atoms with van der Waals surface area (Å²) in [6.45, 7) is 2.05. The highest BCUT2D eigenvalue weighted by atomic mass is 16.4. The molecule has 0 aromatic heterocycles. The molecule has 1 saturated carbocycles. The zero-order valence-electron chi connectivity index (χ0n) is 11.8. The van der Waals surface area contributed by atoms with E-state index < -0.39 is 30.1 Å². The maximum Gasteiger partial charge on any atom is 0.337 e. The van der Waals surface area contributed by atoms with E-state index in [-0.39, 0.29) is 11.8 Å². The number of hydrogen-bond donors (Lipinski definition) is 4. The second-order valence-electron chi connectivity index (χ2n) is 5.52. The van der Waals surface area contributed by atoms with E-state index in [1.165, 1.54) is 6.92 Å². The van der Waals surface area contributed by atoms with Crippen molar-refractivity contribution in [2.24, 2.45) is 5.92 Å². The molecule has 0 aromatic carbocycles. The Morgan fingerprint density at radius 1 is 1.30 bits per heavy atom. The van der Waals surface area contributed by atoms with E-state index in [1.54, 1.807) is 0 Å². The molecule has 1 aliphatic carbocycles. The topological polar surface area (TPSA) is 116 Å². The van der Waals surface area contributed by atoms with E-state index in [2.05, 4.69) is 10.6 Å². The highest BCUT2D eigenvalue weighted by Crippen LogP contribution is 2.27. The summed E-state index contributed by atoms with van der Waals surface area (Å²) in [7, 11) is 0. The van der Waals surface area contributed by atoms with Gasteiger partial charge in [0.2, 0.25) is 11.8 Å². The molecule has 0 radical (unpaired) electrons. The predicted molar refractivity (Wildman–Crippen MR) is 70.8 cm³/mol. The first-order chi connectivity index (χ1) is 9.24. The van der Waals surface area contributed by atoms with E-state index >= 15 is 0 Å². The SMILES string of the molecule is CC(=O)NC(C(=O)NCC(C)(O)C(=O)O)C1CCCC1. The summed E-state index contributed by atoms with van der Waals surface area (Å²) in [6, 6.07) is -0.667. The van der Waals surface area contributed by atoms with E-state index in [0.717, 1.165) is 32.6 Å². The molecule has 0 spiro atoms. The Bertz CT molecular complexity index is 388. The molecule has 2 amide bonds. The monoisotopic (exact) mass is 286 g/mol. The lowest BCUT2D eigenvalue weighted by atomic mass is 9.96. The Morgan fingerprint density at radius 2 is 1.85 bits per heavy atom. The van der Waals surface area contributed by atoms with Gasteiger partial charge in [-0.1, -0.05) is 12.8 Å². The summed E-state index contributed by atoms with van der Waals surface area (Å²) < 4.78 is 0. The summed E-state index contributed by atoms with van der Waals surface area (Å²) in [6.07, 6.45) is 3.74. The molecule has 20 heavy (non-hydrogen) atoms. The third kappa shape index (κ3) is 4.48. The van der Waals surface area contributed by atoms with Gasteiger partial charge in [-0.25, -0.2) is 4.79 Å². The average molecular weight is 286 g/mol. The fraction of sp³-hybridized carbons (Fsp3) is 0.769. The third-order valence-corrected chi connectivity index (χ3v) is 3.58. The van der Waals surface area contributed by atoms with Gasteiger partial charge in [0, 0.05) is 6.92 Å². The average Bonchev–Trinajstić information content (AvgIpc) is 2.86. The quantitative estimate of drug-likeness (QED) is 0.532. The normalized spacial score (nSPS) is 19.9. The standard InChI is InChI=1S/C13H22N2O5/c1-8(16)15-10(9-5-3-4-6-9)11(17)14-7-13(2,20)12(18)19/h9-10,20H,3-7H2,1-2H3,(H,14,17)(H,15,16)(H,18,19). The number of hydrogen-bond acceptors (Lipinski definition) is 4. The van der Waals surface area contributed by atoms with Gasteiger partial charge >= 0.3 is 5.97 Å². The number of amides is 2. The zero-order chi connectivity index (χ0) is 15.3. The Kier molecular flexibility index (Phi) is 5.50. The summed E-state index contributed by atoms with van der Waals surface area (Å²) in [5.41, 5.74) is -2.02. The van der Waals surface area contributed by atoms with Crippen LogP contribution in [-0.2, 0) is 14.4 Å². The van der Waals surface area contributed by atoms with Gasteiger partial charge in [0.05, 0.1) is 6.54 Å². The number of carbonyl (C=O) groups is 3. The van der Waals surface area contributed by atoms with Crippen molar-refractivity contribution in [1.29, 1.82) is 0 Å². The number of nitrogens with one attached hydrogen (secondary N) is 2. The van der Waals surface area contributed by atoms with Crippen LogP contribution in [0.3, 0.4) is 0 Å². The van der Waals surface area contributed by atoms with Crippen LogP contribution < -0.4 is 10.6 Å². The lowest BCUT2D eigenvalue weighted by molar-refractivity contribution is -0.156. The molecule has 0 aromatic rings. The molecule has 4 N–H and O–H groups in total. The van der Waals surface area contributed by atoms with E-state index in [0.29, 0.717) is 0 Å². The van der Waals surface area contributed by atoms with Crippen LogP contribution >= 0.6 is 0 Å². The molecular formula is C13H22N2O5. The lowest BCUT2D eigenvalue weighted by Gasteiger charge is -2.25. The molecule has 114 valence electrons. The minimum absolute atomic E-state index is 0.0636. The van der Waals surface area contributed by atoms with Crippen LogP contribution in [-0.4, -0.2) is 46.2 Å². The second-order valence-corrected chi connectivity index (χ2v) is 5.52. The highest BCUT2D eigenvalue weighted by molar-refractivity contribution is 5.88. The summed E-state index contributed by atoms with van der Waals surface area (Å²) in [5.74, 6) is -2.10. The van der Waals surface area contributed by atoms with Crippen LogP contribution in [0.25, 0.3) is 0 Å². The Balaban J connectivity index is 2.63. The van der Waals surface area contributed by atoms with Gasteiger partial charge in [-0.2, -0.15) is 0 Å². The third-order valence-electron chi connectivity index (χ3n) is 3.58. The van der Waals surface area contributed by atoms with Crippen molar-refractivity contribution in [3.63, 3.8) is 0 Å². The Hall–Kier alpha value is -1.63. The van der Waals surface area contributed by atoms with Gasteiger partial charge in [-0.3, -0.25) is 9.59 Å². The molecule has 0 aliphatic heterocycles. The van der Waals surface area contributed by atoms with Crippen LogP contribution in [0.5, 0.6) is 0 Å². The van der Waals surface area contributed by atoms with Crippen molar-refractivity contribution in [2.75, 3.05) is 6.54 Å². The maximum atomic E-state index is 12.1. The highest BCUT2D eigenvalue weighted by Gasteiger charge is 2.34.